The summed E-state index contributed by atoms with van der Waals surface area (Å²) in [5, 5.41) is 17.2. The molecule has 3 heterocycles. The number of carboxylic acid groups (broad SMARTS) is 1. The molecule has 2 atom stereocenters. The molecular formula is C21H23ClF3N5O4. The van der Waals surface area contributed by atoms with Crippen molar-refractivity contribution in [3.63, 3.8) is 0 Å². The second-order valence-corrected chi connectivity index (χ2v) is 8.95. The minimum Gasteiger partial charge on any atom is -0.484 e. The Morgan fingerprint density at radius 3 is 2.76 bits per heavy atom. The third-order valence-corrected chi connectivity index (χ3v) is 6.53. The number of aromatic nitrogens is 3. The Labute approximate surface area is 198 Å². The number of nitrogens with zero attached hydrogens (tertiary/aromatic N) is 5. The molecule has 2 aromatic rings. The van der Waals surface area contributed by atoms with E-state index in [4.69, 9.17) is 16.3 Å². The van der Waals surface area contributed by atoms with Gasteiger partial charge in [-0.25, -0.2) is 22.6 Å². The van der Waals surface area contributed by atoms with Crippen molar-refractivity contribution in [2.24, 2.45) is 13.0 Å². The van der Waals surface area contributed by atoms with Gasteiger partial charge in [-0.2, -0.15) is 0 Å². The average Bonchev–Trinajstić information content (AvgIpc) is 3.28. The number of alkyl halides is 2. The Bertz CT molecular complexity index is 1130. The van der Waals surface area contributed by atoms with Gasteiger partial charge in [-0.05, 0) is 24.0 Å². The molecule has 1 aromatic carbocycles. The predicted molar refractivity (Wildman–Crippen MR) is 113 cm³/mol. The first kappa shape index (κ1) is 24.1. The molecule has 0 saturated carbocycles. The van der Waals surface area contributed by atoms with E-state index in [1.54, 1.807) is 4.90 Å². The third kappa shape index (κ3) is 4.38. The van der Waals surface area contributed by atoms with Crippen LogP contribution in [-0.2, 0) is 24.9 Å². The van der Waals surface area contributed by atoms with Gasteiger partial charge in [-0.3, -0.25) is 9.69 Å². The fourth-order valence-electron chi connectivity index (χ4n) is 4.65. The maximum atomic E-state index is 15.1. The van der Waals surface area contributed by atoms with Crippen LogP contribution < -0.4 is 4.74 Å². The van der Waals surface area contributed by atoms with E-state index in [1.807, 2.05) is 6.92 Å². The summed E-state index contributed by atoms with van der Waals surface area (Å²) in [5.74, 6) is -1.20. The summed E-state index contributed by atoms with van der Waals surface area (Å²) in [7, 11) is 1.30. The number of carbonyl (C=O) groups is 2. The zero-order valence-corrected chi connectivity index (χ0v) is 19.2. The molecule has 13 heteroatoms. The highest BCUT2D eigenvalue weighted by atomic mass is 35.5. The van der Waals surface area contributed by atoms with Gasteiger partial charge < -0.3 is 14.7 Å². The van der Waals surface area contributed by atoms with Crippen LogP contribution in [0, 0.1) is 11.7 Å². The summed E-state index contributed by atoms with van der Waals surface area (Å²) < 4.78 is 48.5. The van der Waals surface area contributed by atoms with Gasteiger partial charge >= 0.3 is 6.09 Å². The van der Waals surface area contributed by atoms with E-state index in [9.17, 15) is 23.5 Å². The summed E-state index contributed by atoms with van der Waals surface area (Å²) in [6, 6.07) is 0.104. The van der Waals surface area contributed by atoms with E-state index >= 15 is 4.39 Å². The number of aryl methyl sites for hydroxylation is 1. The molecule has 1 saturated heterocycles. The Hall–Kier alpha value is -3.02. The van der Waals surface area contributed by atoms with Gasteiger partial charge in [0.15, 0.2) is 11.6 Å². The van der Waals surface area contributed by atoms with E-state index in [0.717, 1.165) is 15.6 Å². The summed E-state index contributed by atoms with van der Waals surface area (Å²) in [6.07, 6.45) is -3.58. The minimum absolute atomic E-state index is 0.00789. The first-order valence-electron chi connectivity index (χ1n) is 10.7. The number of rotatable bonds is 6. The molecule has 9 nitrogen and oxygen atoms in total. The number of carbonyl (C=O) groups excluding carboxylic acids is 1. The molecule has 1 fully saturated rings. The number of likely N-dealkylation sites (tertiary alicyclic amines) is 1. The van der Waals surface area contributed by atoms with Crippen molar-refractivity contribution in [2.75, 3.05) is 19.6 Å². The maximum absolute atomic E-state index is 15.1. The first-order chi connectivity index (χ1) is 16.1. The molecule has 4 rings (SSSR count). The van der Waals surface area contributed by atoms with Crippen LogP contribution in [0.25, 0.3) is 0 Å². The lowest BCUT2D eigenvalue weighted by Crippen LogP contribution is -2.45. The minimum atomic E-state index is -2.87. The zero-order valence-electron chi connectivity index (χ0n) is 18.5. The molecule has 2 amide bonds. The SMILES string of the molecule is CC1CC(=O)N(C[C@@H]2c3c(c(Cl)cc(F)c3OCc3nnn(C)c3C(F)F)CCN2C(=O)O)C1. The molecule has 1 aromatic heterocycles. The largest absolute Gasteiger partial charge is 0.484 e. The van der Waals surface area contributed by atoms with Crippen LogP contribution in [0.15, 0.2) is 6.07 Å². The normalized spacial score (nSPS) is 20.3. The van der Waals surface area contributed by atoms with Crippen LogP contribution in [0.1, 0.15) is 48.3 Å². The second kappa shape index (κ2) is 9.32. The number of hydrogen-bond acceptors (Lipinski definition) is 5. The van der Waals surface area contributed by atoms with Crippen molar-refractivity contribution in [3.05, 3.63) is 39.4 Å². The molecule has 0 bridgehead atoms. The molecule has 2 aliphatic rings. The van der Waals surface area contributed by atoms with E-state index in [1.165, 1.54) is 7.05 Å². The molecule has 34 heavy (non-hydrogen) atoms. The Morgan fingerprint density at radius 2 is 2.15 bits per heavy atom. The molecule has 0 radical (unpaired) electrons. The quantitative estimate of drug-likeness (QED) is 0.649. The molecule has 2 aliphatic heterocycles. The number of ether oxygens (including phenoxy) is 1. The van der Waals surface area contributed by atoms with Crippen molar-refractivity contribution in [1.29, 1.82) is 0 Å². The van der Waals surface area contributed by atoms with E-state index in [2.05, 4.69) is 10.3 Å². The van der Waals surface area contributed by atoms with E-state index in [0.29, 0.717) is 18.5 Å². The maximum Gasteiger partial charge on any atom is 0.407 e. The molecule has 0 aliphatic carbocycles. The monoisotopic (exact) mass is 501 g/mol. The first-order valence-corrected chi connectivity index (χ1v) is 11.0. The van der Waals surface area contributed by atoms with Crippen molar-refractivity contribution in [1.82, 2.24) is 24.8 Å². The topological polar surface area (TPSA) is 101 Å². The standard InChI is InChI=1S/C21H23ClF3N5O4/c1-10-5-16(31)29(7-10)8-15-17-11(3-4-30(15)21(32)33)12(22)6-13(23)19(17)34-9-14-18(20(24)25)28(2)27-26-14/h6,10,15,20H,3-5,7-9H2,1-2H3,(H,32,33)/t10?,15-/m1/s1. The molecule has 1 N–H and O–H groups in total. The molecule has 1 unspecified atom stereocenters. The fourth-order valence-corrected chi connectivity index (χ4v) is 4.94. The van der Waals surface area contributed by atoms with Gasteiger partial charge in [0.2, 0.25) is 5.91 Å². The van der Waals surface area contributed by atoms with Crippen molar-refractivity contribution in [2.45, 2.75) is 38.8 Å². The zero-order chi connectivity index (χ0) is 24.7. The van der Waals surface area contributed by atoms with Gasteiger partial charge in [0.25, 0.3) is 6.43 Å². The van der Waals surface area contributed by atoms with E-state index < -0.39 is 36.7 Å². The summed E-state index contributed by atoms with van der Waals surface area (Å²) >= 11 is 6.30. The number of benzene rings is 1. The van der Waals surface area contributed by atoms with Crippen LogP contribution in [-0.4, -0.2) is 61.5 Å². The Morgan fingerprint density at radius 1 is 1.41 bits per heavy atom. The Kier molecular flexibility index (Phi) is 6.61. The second-order valence-electron chi connectivity index (χ2n) is 8.55. The molecule has 184 valence electrons. The highest BCUT2D eigenvalue weighted by molar-refractivity contribution is 6.31. The molecule has 0 spiro atoms. The number of fused-ring (bicyclic) bond motifs is 1. The van der Waals surface area contributed by atoms with Gasteiger partial charge in [0.1, 0.15) is 18.0 Å². The smallest absolute Gasteiger partial charge is 0.407 e. The lowest BCUT2D eigenvalue weighted by molar-refractivity contribution is -0.128. The summed E-state index contributed by atoms with van der Waals surface area (Å²) in [5.41, 5.74) is 0.0391. The Balaban J connectivity index is 1.74. The van der Waals surface area contributed by atoms with Gasteiger partial charge in [0.05, 0.1) is 6.04 Å². The van der Waals surface area contributed by atoms with Gasteiger partial charge in [-0.1, -0.05) is 23.7 Å². The number of hydrogen-bond donors (Lipinski definition) is 1. The van der Waals surface area contributed by atoms with Crippen molar-refractivity contribution < 1.29 is 32.6 Å². The fraction of sp³-hybridized carbons (Fsp3) is 0.524. The highest BCUT2D eigenvalue weighted by Gasteiger charge is 2.39. The van der Waals surface area contributed by atoms with Crippen LogP contribution in [0.3, 0.4) is 0 Å². The van der Waals surface area contributed by atoms with Crippen molar-refractivity contribution >= 4 is 23.6 Å². The van der Waals surface area contributed by atoms with E-state index in [-0.39, 0.29) is 53.4 Å². The van der Waals surface area contributed by atoms with Gasteiger partial charge in [0, 0.05) is 43.7 Å². The van der Waals surface area contributed by atoms with Crippen molar-refractivity contribution in [3.8, 4) is 5.75 Å². The van der Waals surface area contributed by atoms with Crippen LogP contribution in [0.4, 0.5) is 18.0 Å². The van der Waals surface area contributed by atoms with Crippen LogP contribution in [0.2, 0.25) is 5.02 Å². The van der Waals surface area contributed by atoms with Gasteiger partial charge in [-0.15, -0.1) is 5.10 Å². The number of halogens is 4. The number of amides is 2. The van der Waals surface area contributed by atoms with Crippen LogP contribution in [0.5, 0.6) is 5.75 Å². The summed E-state index contributed by atoms with van der Waals surface area (Å²) in [4.78, 5) is 27.1. The van der Waals surface area contributed by atoms with Crippen LogP contribution >= 0.6 is 11.6 Å². The predicted octanol–water partition coefficient (Wildman–Crippen LogP) is 3.57. The lowest BCUT2D eigenvalue weighted by Gasteiger charge is -2.38. The highest BCUT2D eigenvalue weighted by Crippen LogP contribution is 2.43. The third-order valence-electron chi connectivity index (χ3n) is 6.19. The average molecular weight is 502 g/mol. The molecular weight excluding hydrogens is 479 g/mol. The lowest BCUT2D eigenvalue weighted by atomic mass is 9.91. The summed E-state index contributed by atoms with van der Waals surface area (Å²) in [6.45, 7) is 1.92.